The maximum atomic E-state index is 6.39. The Morgan fingerprint density at radius 1 is 1.26 bits per heavy atom. The van der Waals surface area contributed by atoms with Crippen LogP contribution in [0.4, 0.5) is 5.69 Å². The zero-order valence-electron chi connectivity index (χ0n) is 11.5. The highest BCUT2D eigenvalue weighted by molar-refractivity contribution is 6.35. The molecule has 100 valence electrons. The molecule has 3 heteroatoms. The fourth-order valence-electron chi connectivity index (χ4n) is 3.00. The molecule has 0 saturated heterocycles. The topological polar surface area (TPSA) is 24.9 Å². The van der Waals surface area contributed by atoms with Crippen molar-refractivity contribution in [3.8, 4) is 0 Å². The number of anilines is 1. The number of benzene rings is 1. The van der Waals surface area contributed by atoms with Crippen LogP contribution < -0.4 is 5.32 Å². The Labute approximate surface area is 119 Å². The predicted molar refractivity (Wildman–Crippen MR) is 82.3 cm³/mol. The number of pyridine rings is 1. The van der Waals surface area contributed by atoms with E-state index in [1.54, 1.807) is 0 Å². The summed E-state index contributed by atoms with van der Waals surface area (Å²) in [5.41, 5.74) is 6.04. The molecule has 19 heavy (non-hydrogen) atoms. The highest BCUT2D eigenvalue weighted by Crippen LogP contribution is 2.36. The van der Waals surface area contributed by atoms with Gasteiger partial charge in [0.15, 0.2) is 0 Å². The quantitative estimate of drug-likeness (QED) is 0.872. The van der Waals surface area contributed by atoms with Crippen molar-refractivity contribution in [2.45, 2.75) is 39.5 Å². The summed E-state index contributed by atoms with van der Waals surface area (Å²) in [5.74, 6) is 0. The molecule has 1 aliphatic carbocycles. The number of rotatable bonds is 2. The first-order valence-corrected chi connectivity index (χ1v) is 7.44. The van der Waals surface area contributed by atoms with E-state index in [1.807, 2.05) is 6.07 Å². The van der Waals surface area contributed by atoms with E-state index in [4.69, 9.17) is 16.6 Å². The van der Waals surface area contributed by atoms with Crippen LogP contribution in [-0.2, 0) is 12.8 Å². The average Bonchev–Trinajstić information content (AvgIpc) is 2.40. The van der Waals surface area contributed by atoms with Crippen molar-refractivity contribution in [2.75, 3.05) is 11.9 Å². The van der Waals surface area contributed by atoms with Gasteiger partial charge in [-0.25, -0.2) is 0 Å². The lowest BCUT2D eigenvalue weighted by molar-refractivity contribution is 0.672. The van der Waals surface area contributed by atoms with E-state index in [0.717, 1.165) is 29.9 Å². The molecule has 2 aromatic rings. The van der Waals surface area contributed by atoms with Gasteiger partial charge in [0.25, 0.3) is 0 Å². The normalized spacial score (nSPS) is 14.5. The molecular weight excluding hydrogens is 256 g/mol. The molecule has 0 saturated carbocycles. The molecule has 0 radical (unpaired) electrons. The third-order valence-corrected chi connectivity index (χ3v) is 4.11. The number of fused-ring (bicyclic) bond motifs is 2. The lowest BCUT2D eigenvalue weighted by atomic mass is 9.92. The largest absolute Gasteiger partial charge is 0.384 e. The molecule has 2 nitrogen and oxygen atoms in total. The third-order valence-electron chi connectivity index (χ3n) is 3.82. The lowest BCUT2D eigenvalue weighted by Crippen LogP contribution is -2.11. The van der Waals surface area contributed by atoms with Gasteiger partial charge < -0.3 is 5.32 Å². The van der Waals surface area contributed by atoms with Crippen molar-refractivity contribution >= 4 is 28.2 Å². The van der Waals surface area contributed by atoms with E-state index < -0.39 is 0 Å². The second-order valence-corrected chi connectivity index (χ2v) is 5.70. The number of aromatic nitrogens is 1. The molecule has 0 bridgehead atoms. The van der Waals surface area contributed by atoms with Crippen molar-refractivity contribution in [1.82, 2.24) is 4.98 Å². The Balaban J connectivity index is 2.35. The van der Waals surface area contributed by atoms with Gasteiger partial charge in [-0.3, -0.25) is 4.98 Å². The predicted octanol–water partition coefficient (Wildman–Crippen LogP) is 4.51. The summed E-state index contributed by atoms with van der Waals surface area (Å²) in [6.45, 7) is 5.15. The minimum Gasteiger partial charge on any atom is -0.384 e. The number of nitrogens with zero attached hydrogens (tertiary/aromatic N) is 1. The molecule has 0 amide bonds. The van der Waals surface area contributed by atoms with Crippen LogP contribution in [0.2, 0.25) is 5.02 Å². The number of hydrogen-bond donors (Lipinski definition) is 1. The fraction of sp³-hybridized carbons (Fsp3) is 0.438. The van der Waals surface area contributed by atoms with Gasteiger partial charge in [-0.15, -0.1) is 0 Å². The molecule has 1 N–H and O–H groups in total. The van der Waals surface area contributed by atoms with Gasteiger partial charge in [0.1, 0.15) is 0 Å². The van der Waals surface area contributed by atoms with E-state index in [-0.39, 0.29) is 0 Å². The van der Waals surface area contributed by atoms with Crippen LogP contribution in [0.25, 0.3) is 10.9 Å². The van der Waals surface area contributed by atoms with Gasteiger partial charge in [0, 0.05) is 23.3 Å². The molecule has 1 heterocycles. The highest BCUT2D eigenvalue weighted by Gasteiger charge is 2.19. The molecular formula is C16H19ClN2. The Morgan fingerprint density at radius 3 is 2.84 bits per heavy atom. The number of nitrogens with one attached hydrogen (secondary N) is 1. The molecule has 0 fully saturated rings. The van der Waals surface area contributed by atoms with Gasteiger partial charge in [0.2, 0.25) is 0 Å². The first-order valence-electron chi connectivity index (χ1n) is 7.06. The first kappa shape index (κ1) is 12.7. The van der Waals surface area contributed by atoms with Crippen molar-refractivity contribution in [3.05, 3.63) is 34.0 Å². The smallest absolute Gasteiger partial charge is 0.0912 e. The minimum atomic E-state index is 0.766. The Kier molecular flexibility index (Phi) is 3.36. The van der Waals surface area contributed by atoms with Crippen molar-refractivity contribution in [2.24, 2.45) is 0 Å². The van der Waals surface area contributed by atoms with Crippen LogP contribution in [0, 0.1) is 6.92 Å². The number of hydrogen-bond acceptors (Lipinski definition) is 2. The summed E-state index contributed by atoms with van der Waals surface area (Å²) in [4.78, 5) is 4.83. The third kappa shape index (κ3) is 2.18. The van der Waals surface area contributed by atoms with Gasteiger partial charge in [-0.1, -0.05) is 11.6 Å². The Hall–Kier alpha value is -1.28. The van der Waals surface area contributed by atoms with Crippen molar-refractivity contribution in [3.63, 3.8) is 0 Å². The monoisotopic (exact) mass is 274 g/mol. The van der Waals surface area contributed by atoms with E-state index in [9.17, 15) is 0 Å². The molecule has 3 rings (SSSR count). The van der Waals surface area contributed by atoms with Crippen LogP contribution in [0.5, 0.6) is 0 Å². The summed E-state index contributed by atoms with van der Waals surface area (Å²) in [6, 6.07) is 4.20. The zero-order chi connectivity index (χ0) is 13.4. The summed E-state index contributed by atoms with van der Waals surface area (Å²) >= 11 is 6.39. The maximum Gasteiger partial charge on any atom is 0.0912 e. The van der Waals surface area contributed by atoms with E-state index in [0.29, 0.717) is 0 Å². The maximum absolute atomic E-state index is 6.39. The molecule has 1 aromatic heterocycles. The number of halogens is 1. The SMILES string of the molecule is CCNc1c2c(nc3c(Cl)cc(C)cc13)CCCC2. The first-order chi connectivity index (χ1) is 9.20. The average molecular weight is 275 g/mol. The highest BCUT2D eigenvalue weighted by atomic mass is 35.5. The molecule has 0 aliphatic heterocycles. The Morgan fingerprint density at radius 2 is 2.05 bits per heavy atom. The van der Waals surface area contributed by atoms with Crippen LogP contribution in [0.3, 0.4) is 0 Å². The lowest BCUT2D eigenvalue weighted by Gasteiger charge is -2.22. The summed E-state index contributed by atoms with van der Waals surface area (Å²) in [7, 11) is 0. The fourth-order valence-corrected chi connectivity index (χ4v) is 3.31. The van der Waals surface area contributed by atoms with Crippen LogP contribution >= 0.6 is 11.6 Å². The summed E-state index contributed by atoms with van der Waals surface area (Å²) < 4.78 is 0. The van der Waals surface area contributed by atoms with E-state index in [1.165, 1.54) is 40.7 Å². The van der Waals surface area contributed by atoms with Crippen molar-refractivity contribution in [1.29, 1.82) is 0 Å². The van der Waals surface area contributed by atoms with Gasteiger partial charge in [0.05, 0.1) is 10.5 Å². The molecule has 0 spiro atoms. The van der Waals surface area contributed by atoms with Crippen molar-refractivity contribution < 1.29 is 0 Å². The van der Waals surface area contributed by atoms with E-state index in [2.05, 4.69) is 25.2 Å². The summed E-state index contributed by atoms with van der Waals surface area (Å²) in [6.07, 6.45) is 4.71. The molecule has 0 unspecified atom stereocenters. The minimum absolute atomic E-state index is 0.766. The molecule has 1 aromatic carbocycles. The zero-order valence-corrected chi connectivity index (χ0v) is 12.3. The molecule has 1 aliphatic rings. The van der Waals surface area contributed by atoms with Crippen LogP contribution in [0.15, 0.2) is 12.1 Å². The summed E-state index contributed by atoms with van der Waals surface area (Å²) in [5, 5.41) is 5.47. The van der Waals surface area contributed by atoms with Gasteiger partial charge in [-0.2, -0.15) is 0 Å². The standard InChI is InChI=1S/C16H19ClN2/c1-3-18-15-11-6-4-5-7-14(11)19-16-12(15)8-10(2)9-13(16)17/h8-9H,3-7H2,1-2H3,(H,18,19). The molecule has 0 atom stereocenters. The van der Waals surface area contributed by atoms with Gasteiger partial charge >= 0.3 is 0 Å². The number of aryl methyl sites for hydroxylation is 2. The second-order valence-electron chi connectivity index (χ2n) is 5.29. The van der Waals surface area contributed by atoms with Crippen LogP contribution in [0.1, 0.15) is 36.6 Å². The van der Waals surface area contributed by atoms with Crippen LogP contribution in [-0.4, -0.2) is 11.5 Å². The Bertz CT molecular complexity index is 634. The van der Waals surface area contributed by atoms with Gasteiger partial charge in [-0.05, 0) is 62.8 Å². The van der Waals surface area contributed by atoms with E-state index >= 15 is 0 Å². The second kappa shape index (κ2) is 5.01.